The number of carbonyl (C=O) groups is 2. The Morgan fingerprint density at radius 3 is 2.67 bits per heavy atom. The van der Waals surface area contributed by atoms with Gasteiger partial charge in [0.05, 0.1) is 30.3 Å². The van der Waals surface area contributed by atoms with E-state index in [-0.39, 0.29) is 30.5 Å². The molecule has 3 aliphatic heterocycles. The summed E-state index contributed by atoms with van der Waals surface area (Å²) in [7, 11) is 0. The number of thiazole rings is 1. The number of nitrogens with one attached hydrogen (secondary N) is 1. The Hall–Kier alpha value is -3.19. The number of esters is 2. The molecule has 1 aromatic carbocycles. The monoisotopic (exact) mass is 655 g/mol. The Kier molecular flexibility index (Phi) is 10.3. The molecule has 0 spiro atoms. The van der Waals surface area contributed by atoms with Crippen molar-refractivity contribution in [3.05, 3.63) is 63.0 Å². The molecular formula is C34H46FN5O5S. The lowest BCUT2D eigenvalue weighted by atomic mass is 9.89. The van der Waals surface area contributed by atoms with E-state index in [0.29, 0.717) is 66.0 Å². The first kappa shape index (κ1) is 34.2. The smallest absolute Gasteiger partial charge is 0.338 e. The van der Waals surface area contributed by atoms with Crippen molar-refractivity contribution >= 4 is 29.1 Å². The minimum Gasteiger partial charge on any atom is -0.463 e. The molecule has 12 heteroatoms. The van der Waals surface area contributed by atoms with Crippen molar-refractivity contribution < 1.29 is 28.2 Å². The van der Waals surface area contributed by atoms with Crippen LogP contribution in [0.2, 0.25) is 0 Å². The quantitative estimate of drug-likeness (QED) is 0.387. The zero-order valence-electron chi connectivity index (χ0n) is 27.9. The first-order valence-electron chi connectivity index (χ1n) is 16.0. The van der Waals surface area contributed by atoms with Crippen LogP contribution in [0.5, 0.6) is 0 Å². The maximum Gasteiger partial charge on any atom is 0.338 e. The van der Waals surface area contributed by atoms with Gasteiger partial charge in [-0.2, -0.15) is 0 Å². The second-order valence-corrected chi connectivity index (χ2v) is 14.7. The number of likely N-dealkylation sites (tertiary alicyclic amines) is 1. The highest BCUT2D eigenvalue weighted by molar-refractivity contribution is 7.11. The summed E-state index contributed by atoms with van der Waals surface area (Å²) < 4.78 is 32.4. The zero-order chi connectivity index (χ0) is 33.2. The van der Waals surface area contributed by atoms with Crippen LogP contribution in [0.3, 0.4) is 0 Å². The van der Waals surface area contributed by atoms with Gasteiger partial charge in [-0.15, -0.1) is 11.3 Å². The van der Waals surface area contributed by atoms with Crippen molar-refractivity contribution in [1.29, 1.82) is 0 Å². The minimum absolute atomic E-state index is 0.0123. The number of fused-ring (bicyclic) bond motifs is 1. The van der Waals surface area contributed by atoms with Crippen LogP contribution in [-0.2, 0) is 23.8 Å². The number of piperidine rings is 1. The van der Waals surface area contributed by atoms with E-state index in [1.165, 1.54) is 17.4 Å². The van der Waals surface area contributed by atoms with Gasteiger partial charge in [-0.1, -0.05) is 12.1 Å². The summed E-state index contributed by atoms with van der Waals surface area (Å²) in [6, 6.07) is 4.10. The van der Waals surface area contributed by atoms with Gasteiger partial charge in [0.2, 0.25) is 0 Å². The molecule has 1 N–H and O–H groups in total. The third-order valence-electron chi connectivity index (χ3n) is 8.58. The van der Waals surface area contributed by atoms with Crippen molar-refractivity contribution in [2.45, 2.75) is 78.7 Å². The number of hydrogen-bond acceptors (Lipinski definition) is 11. The molecule has 2 fully saturated rings. The fourth-order valence-corrected chi connectivity index (χ4v) is 6.94. The second-order valence-electron chi connectivity index (χ2n) is 13.8. The van der Waals surface area contributed by atoms with Gasteiger partial charge in [0.15, 0.2) is 10.8 Å². The normalized spacial score (nSPS) is 23.0. The fourth-order valence-electron chi connectivity index (χ4n) is 6.35. The molecular weight excluding hydrogens is 609 g/mol. The Bertz CT molecular complexity index is 1490. The third-order valence-corrected chi connectivity index (χ3v) is 9.36. The summed E-state index contributed by atoms with van der Waals surface area (Å²) in [5, 5.41) is 5.98. The Labute approximate surface area is 275 Å². The first-order chi connectivity index (χ1) is 21.8. The highest BCUT2D eigenvalue weighted by Gasteiger charge is 2.42. The molecule has 3 aliphatic rings. The van der Waals surface area contributed by atoms with Crippen LogP contribution in [0.4, 0.5) is 4.39 Å². The largest absolute Gasteiger partial charge is 0.463 e. The lowest BCUT2D eigenvalue weighted by molar-refractivity contribution is -0.168. The Morgan fingerprint density at radius 1 is 1.20 bits per heavy atom. The van der Waals surface area contributed by atoms with Gasteiger partial charge in [0.25, 0.3) is 0 Å². The summed E-state index contributed by atoms with van der Waals surface area (Å²) in [5.74, 6) is -0.544. The average molecular weight is 656 g/mol. The van der Waals surface area contributed by atoms with Crippen LogP contribution in [0.25, 0.3) is 0 Å². The molecule has 10 nitrogen and oxygen atoms in total. The molecule has 0 amide bonds. The average Bonchev–Trinajstić information content (AvgIpc) is 3.53. The van der Waals surface area contributed by atoms with Gasteiger partial charge in [-0.3, -0.25) is 14.7 Å². The van der Waals surface area contributed by atoms with E-state index in [2.05, 4.69) is 20.1 Å². The van der Waals surface area contributed by atoms with Crippen LogP contribution in [0, 0.1) is 18.2 Å². The van der Waals surface area contributed by atoms with E-state index in [4.69, 9.17) is 19.2 Å². The predicted octanol–water partition coefficient (Wildman–Crippen LogP) is 4.64. The SMILES string of the molecule is CCOC(=O)C1=C(CN2CCOC3CCN(CC(C)(C)C(=O)OC(C)(C)C)CC32)NC(c2nccs2)=N[C@H]1c1cccc(F)c1C. The highest BCUT2D eigenvalue weighted by Crippen LogP contribution is 2.36. The maximum absolute atomic E-state index is 14.9. The fraction of sp³-hybridized carbons (Fsp3) is 0.588. The molecule has 2 unspecified atom stereocenters. The van der Waals surface area contributed by atoms with Crippen LogP contribution in [-0.4, -0.2) is 96.2 Å². The minimum atomic E-state index is -0.779. The van der Waals surface area contributed by atoms with E-state index >= 15 is 0 Å². The van der Waals surface area contributed by atoms with Crippen LogP contribution in [0.1, 0.15) is 70.1 Å². The van der Waals surface area contributed by atoms with Gasteiger partial charge in [-0.05, 0) is 72.1 Å². The lowest BCUT2D eigenvalue weighted by Gasteiger charge is -2.48. The summed E-state index contributed by atoms with van der Waals surface area (Å²) in [6.45, 7) is 16.8. The van der Waals surface area contributed by atoms with Crippen molar-refractivity contribution in [3.63, 3.8) is 0 Å². The molecule has 3 atom stereocenters. The van der Waals surface area contributed by atoms with Crippen molar-refractivity contribution in [1.82, 2.24) is 20.1 Å². The van der Waals surface area contributed by atoms with Crippen molar-refractivity contribution in [2.75, 3.05) is 45.9 Å². The molecule has 0 saturated carbocycles. The first-order valence-corrected chi connectivity index (χ1v) is 16.9. The van der Waals surface area contributed by atoms with Gasteiger partial charge in [0.1, 0.15) is 17.5 Å². The molecule has 2 saturated heterocycles. The van der Waals surface area contributed by atoms with Crippen molar-refractivity contribution in [3.8, 4) is 0 Å². The summed E-state index contributed by atoms with van der Waals surface area (Å²) in [4.78, 5) is 40.8. The van der Waals surface area contributed by atoms with E-state index in [9.17, 15) is 14.0 Å². The third kappa shape index (κ3) is 7.67. The second kappa shape index (κ2) is 13.9. The number of aliphatic imine (C=N–C) groups is 1. The molecule has 0 radical (unpaired) electrons. The molecule has 1 aromatic heterocycles. The Balaban J connectivity index is 1.47. The van der Waals surface area contributed by atoms with Crippen LogP contribution < -0.4 is 5.32 Å². The lowest BCUT2D eigenvalue weighted by Crippen LogP contribution is -2.61. The van der Waals surface area contributed by atoms with Crippen LogP contribution in [0.15, 0.2) is 46.0 Å². The number of nitrogens with zero attached hydrogens (tertiary/aromatic N) is 4. The highest BCUT2D eigenvalue weighted by atomic mass is 32.1. The molecule has 0 aliphatic carbocycles. The molecule has 4 heterocycles. The summed E-state index contributed by atoms with van der Waals surface area (Å²) >= 11 is 1.44. The molecule has 0 bridgehead atoms. The molecule has 2 aromatic rings. The number of halogens is 1. The number of ether oxygens (including phenoxy) is 3. The number of rotatable bonds is 9. The number of hydrogen-bond donors (Lipinski definition) is 1. The number of amidine groups is 1. The maximum atomic E-state index is 14.9. The van der Waals surface area contributed by atoms with Gasteiger partial charge in [0, 0.05) is 56.0 Å². The van der Waals surface area contributed by atoms with E-state index in [0.717, 1.165) is 13.0 Å². The van der Waals surface area contributed by atoms with Crippen molar-refractivity contribution in [2.24, 2.45) is 10.4 Å². The number of morpholine rings is 1. The van der Waals surface area contributed by atoms with Gasteiger partial charge >= 0.3 is 11.9 Å². The summed E-state index contributed by atoms with van der Waals surface area (Å²) in [6.07, 6.45) is 2.54. The molecule has 5 rings (SSSR count). The number of carbonyl (C=O) groups excluding carboxylic acids is 2. The van der Waals surface area contributed by atoms with E-state index in [1.807, 2.05) is 46.1 Å². The standard InChI is InChI=1S/C34H46FN5O5S/c1-8-43-31(41)27-24(37-29(30-36-13-17-46-30)38-28(27)22-10-9-11-23(35)21(22)2)18-40-15-16-44-26-12-14-39(19-25(26)40)20-34(6,7)32(42)45-33(3,4)5/h9-11,13,17,25-26,28H,8,12,14-16,18-20H2,1-7H3,(H,37,38)/t25?,26?,28-/m0/s1. The van der Waals surface area contributed by atoms with Gasteiger partial charge in [-0.25, -0.2) is 14.2 Å². The predicted molar refractivity (Wildman–Crippen MR) is 175 cm³/mol. The molecule has 250 valence electrons. The summed E-state index contributed by atoms with van der Waals surface area (Å²) in [5.41, 5.74) is 0.788. The topological polar surface area (TPSA) is 106 Å². The molecule has 46 heavy (non-hydrogen) atoms. The Morgan fingerprint density at radius 2 is 1.98 bits per heavy atom. The van der Waals surface area contributed by atoms with Crippen LogP contribution >= 0.6 is 11.3 Å². The van der Waals surface area contributed by atoms with E-state index in [1.54, 1.807) is 26.1 Å². The zero-order valence-corrected chi connectivity index (χ0v) is 28.7. The van der Waals surface area contributed by atoms with Gasteiger partial charge < -0.3 is 24.4 Å². The van der Waals surface area contributed by atoms with E-state index < -0.39 is 23.0 Å². The number of benzene rings is 1. The number of aromatic nitrogens is 1.